The largest absolute Gasteiger partial charge is 0.468 e. The predicted molar refractivity (Wildman–Crippen MR) is 125 cm³/mol. The molecule has 2 rings (SSSR count). The first kappa shape index (κ1) is 27.0. The molecule has 0 fully saturated rings. The molecule has 188 valence electrons. The fraction of sp³-hybridized carbons (Fsp3) is 0.391. The number of amides is 1. The Hall–Kier alpha value is -4.22. The van der Waals surface area contributed by atoms with E-state index in [-0.39, 0.29) is 12.5 Å². The van der Waals surface area contributed by atoms with E-state index in [9.17, 15) is 28.8 Å². The first-order valence-corrected chi connectivity index (χ1v) is 10.7. The fourth-order valence-electron chi connectivity index (χ4n) is 3.24. The number of ether oxygens (including phenoxy) is 2. The molecular formula is C23H28N4O8. The summed E-state index contributed by atoms with van der Waals surface area (Å²) in [6, 6.07) is 7.63. The smallest absolute Gasteiger partial charge is 0.333 e. The lowest BCUT2D eigenvalue weighted by Gasteiger charge is -2.20. The number of benzene rings is 1. The molecule has 1 atom stereocenters. The van der Waals surface area contributed by atoms with Gasteiger partial charge in [-0.25, -0.2) is 14.2 Å². The molecule has 0 aliphatic carbocycles. The highest BCUT2D eigenvalue weighted by Gasteiger charge is 2.28. The van der Waals surface area contributed by atoms with Crippen LogP contribution in [0.1, 0.15) is 36.7 Å². The predicted octanol–water partition coefficient (Wildman–Crippen LogP) is -0.300. The maximum atomic E-state index is 13.0. The van der Waals surface area contributed by atoms with Crippen LogP contribution in [0.5, 0.6) is 0 Å². The van der Waals surface area contributed by atoms with Gasteiger partial charge in [-0.3, -0.25) is 23.7 Å². The number of rotatable bonds is 10. The molecule has 0 radical (unpaired) electrons. The Bertz CT molecular complexity index is 1230. The normalized spacial score (nSPS) is 11.6. The van der Waals surface area contributed by atoms with Gasteiger partial charge < -0.3 is 20.5 Å². The molecular weight excluding hydrogens is 460 g/mol. The number of nitrogens with two attached hydrogens (primary N) is 1. The Morgan fingerprint density at radius 2 is 1.69 bits per heavy atom. The second-order valence-electron chi connectivity index (χ2n) is 8.04. The lowest BCUT2D eigenvalue weighted by atomic mass is 10.0. The van der Waals surface area contributed by atoms with Gasteiger partial charge >= 0.3 is 17.6 Å². The van der Waals surface area contributed by atoms with Crippen LogP contribution >= 0.6 is 0 Å². The van der Waals surface area contributed by atoms with Gasteiger partial charge in [-0.2, -0.15) is 0 Å². The van der Waals surface area contributed by atoms with Gasteiger partial charge in [-0.05, 0) is 11.5 Å². The number of Topliss-reactive ketones (excluding diaryl/α,β-unsaturated/α-hetero) is 1. The van der Waals surface area contributed by atoms with Crippen molar-refractivity contribution < 1.29 is 28.7 Å². The monoisotopic (exact) mass is 488 g/mol. The minimum absolute atomic E-state index is 0.0923. The molecule has 0 saturated heterocycles. The topological polar surface area (TPSA) is 169 Å². The van der Waals surface area contributed by atoms with E-state index in [2.05, 4.69) is 10.1 Å². The molecule has 0 spiro atoms. The van der Waals surface area contributed by atoms with E-state index in [4.69, 9.17) is 10.5 Å². The Labute approximate surface area is 200 Å². The molecule has 0 saturated carbocycles. The van der Waals surface area contributed by atoms with Crippen molar-refractivity contribution in [3.63, 3.8) is 0 Å². The second-order valence-corrected chi connectivity index (χ2v) is 8.04. The molecule has 1 amide bonds. The number of aromatic nitrogens is 2. The number of nitrogens with one attached hydrogen (secondary N) is 1. The van der Waals surface area contributed by atoms with Crippen molar-refractivity contribution >= 4 is 29.4 Å². The van der Waals surface area contributed by atoms with Gasteiger partial charge in [-0.1, -0.05) is 44.2 Å². The van der Waals surface area contributed by atoms with Gasteiger partial charge in [-0.15, -0.1) is 0 Å². The molecule has 1 unspecified atom stereocenters. The van der Waals surface area contributed by atoms with Gasteiger partial charge in [0.25, 0.3) is 5.56 Å². The van der Waals surface area contributed by atoms with Crippen LogP contribution in [0.15, 0.2) is 39.9 Å². The number of methoxy groups -OCH3 is 1. The maximum Gasteiger partial charge on any atom is 0.333 e. The number of carbonyl (C=O) groups is 4. The summed E-state index contributed by atoms with van der Waals surface area (Å²) in [6.07, 6.45) is 0. The first-order chi connectivity index (χ1) is 16.5. The van der Waals surface area contributed by atoms with Crippen LogP contribution in [0.2, 0.25) is 0 Å². The third-order valence-corrected chi connectivity index (χ3v) is 5.07. The average molecular weight is 488 g/mol. The van der Waals surface area contributed by atoms with Gasteiger partial charge in [0.15, 0.2) is 6.61 Å². The maximum absolute atomic E-state index is 13.0. The number of hydrogen-bond donors (Lipinski definition) is 2. The van der Waals surface area contributed by atoms with Crippen molar-refractivity contribution in [2.45, 2.75) is 39.9 Å². The SMILES string of the molecule is COC(=O)Cn1c(=O)c(C(=O)COC(=O)C(NC(C)=O)C(C)C)c(N)n(Cc2ccccc2)c1=O. The molecule has 3 N–H and O–H groups in total. The minimum Gasteiger partial charge on any atom is -0.468 e. The van der Waals surface area contributed by atoms with Crippen LogP contribution in [0.4, 0.5) is 5.82 Å². The minimum atomic E-state index is -1.12. The van der Waals surface area contributed by atoms with E-state index in [0.717, 1.165) is 11.7 Å². The van der Waals surface area contributed by atoms with E-state index in [1.54, 1.807) is 44.2 Å². The van der Waals surface area contributed by atoms with Crippen molar-refractivity contribution in [3.05, 3.63) is 62.3 Å². The molecule has 1 aromatic heterocycles. The van der Waals surface area contributed by atoms with Gasteiger partial charge in [0.05, 0.1) is 13.7 Å². The molecule has 0 aliphatic rings. The van der Waals surface area contributed by atoms with Crippen molar-refractivity contribution in [2.75, 3.05) is 19.5 Å². The molecule has 0 aliphatic heterocycles. The van der Waals surface area contributed by atoms with E-state index in [1.807, 2.05) is 0 Å². The summed E-state index contributed by atoms with van der Waals surface area (Å²) in [5.74, 6) is -3.99. The van der Waals surface area contributed by atoms with E-state index >= 15 is 0 Å². The second kappa shape index (κ2) is 11.8. The van der Waals surface area contributed by atoms with Crippen molar-refractivity contribution in [1.29, 1.82) is 0 Å². The zero-order chi connectivity index (χ0) is 26.3. The highest BCUT2D eigenvalue weighted by molar-refractivity contribution is 6.01. The third-order valence-electron chi connectivity index (χ3n) is 5.07. The van der Waals surface area contributed by atoms with Crippen molar-refractivity contribution in [3.8, 4) is 0 Å². The molecule has 12 heteroatoms. The Morgan fingerprint density at radius 1 is 1.06 bits per heavy atom. The zero-order valence-electron chi connectivity index (χ0n) is 19.9. The fourth-order valence-corrected chi connectivity index (χ4v) is 3.24. The highest BCUT2D eigenvalue weighted by Crippen LogP contribution is 2.11. The van der Waals surface area contributed by atoms with E-state index in [1.165, 1.54) is 6.92 Å². The summed E-state index contributed by atoms with van der Waals surface area (Å²) < 4.78 is 11.1. The number of esters is 2. The molecule has 2 aromatic rings. The van der Waals surface area contributed by atoms with Crippen LogP contribution in [0, 0.1) is 5.92 Å². The first-order valence-electron chi connectivity index (χ1n) is 10.7. The Morgan fingerprint density at radius 3 is 2.23 bits per heavy atom. The quantitative estimate of drug-likeness (QED) is 0.337. The van der Waals surface area contributed by atoms with Gasteiger partial charge in [0.1, 0.15) is 24.0 Å². The Balaban J connectivity index is 2.47. The molecule has 12 nitrogen and oxygen atoms in total. The number of carbonyl (C=O) groups excluding carboxylic acids is 4. The summed E-state index contributed by atoms with van der Waals surface area (Å²) in [5, 5.41) is 2.43. The lowest BCUT2D eigenvalue weighted by Crippen LogP contribution is -2.47. The van der Waals surface area contributed by atoms with Crippen LogP contribution < -0.4 is 22.3 Å². The molecule has 1 aromatic carbocycles. The van der Waals surface area contributed by atoms with Gasteiger partial charge in [0, 0.05) is 6.92 Å². The van der Waals surface area contributed by atoms with E-state index in [0.29, 0.717) is 10.1 Å². The van der Waals surface area contributed by atoms with Gasteiger partial charge in [0.2, 0.25) is 11.7 Å². The van der Waals surface area contributed by atoms with Crippen LogP contribution in [0.3, 0.4) is 0 Å². The number of ketones is 1. The Kier molecular flexibility index (Phi) is 9.09. The molecule has 0 bridgehead atoms. The summed E-state index contributed by atoms with van der Waals surface area (Å²) in [6.45, 7) is 2.86. The summed E-state index contributed by atoms with van der Waals surface area (Å²) in [5.41, 5.74) is 4.06. The number of nitrogen functional groups attached to an aromatic ring is 1. The van der Waals surface area contributed by atoms with Crippen LogP contribution in [-0.2, 0) is 36.9 Å². The molecule has 1 heterocycles. The van der Waals surface area contributed by atoms with Crippen LogP contribution in [-0.4, -0.2) is 52.5 Å². The van der Waals surface area contributed by atoms with Crippen molar-refractivity contribution in [2.24, 2.45) is 5.92 Å². The summed E-state index contributed by atoms with van der Waals surface area (Å²) in [4.78, 5) is 74.5. The summed E-state index contributed by atoms with van der Waals surface area (Å²) in [7, 11) is 1.08. The lowest BCUT2D eigenvalue weighted by molar-refractivity contribution is -0.147. The average Bonchev–Trinajstić information content (AvgIpc) is 2.81. The van der Waals surface area contributed by atoms with Crippen molar-refractivity contribution in [1.82, 2.24) is 14.5 Å². The summed E-state index contributed by atoms with van der Waals surface area (Å²) >= 11 is 0. The number of hydrogen-bond acceptors (Lipinski definition) is 9. The third kappa shape index (κ3) is 6.65. The standard InChI is InChI=1S/C23H28N4O8/c1-13(2)19(25-14(3)28)22(32)35-12-16(29)18-20(24)26(10-15-8-6-5-7-9-15)23(33)27(21(18)31)11-17(30)34-4/h5-9,13,19H,10-12,24H2,1-4H3,(H,25,28). The van der Waals surface area contributed by atoms with Crippen LogP contribution in [0.25, 0.3) is 0 Å². The van der Waals surface area contributed by atoms with E-state index < -0.39 is 65.5 Å². The number of nitrogens with zero attached hydrogens (tertiary/aromatic N) is 2. The molecule has 35 heavy (non-hydrogen) atoms. The highest BCUT2D eigenvalue weighted by atomic mass is 16.5. The number of anilines is 1. The zero-order valence-corrected chi connectivity index (χ0v) is 19.9.